The molecule has 0 bridgehead atoms. The minimum absolute atomic E-state index is 0.0157. The van der Waals surface area contributed by atoms with Gasteiger partial charge >= 0.3 is 0 Å². The summed E-state index contributed by atoms with van der Waals surface area (Å²) in [6.07, 6.45) is 4.55. The third kappa shape index (κ3) is 3.45. The molecule has 0 saturated carbocycles. The molecular formula is C19H25N5O2. The third-order valence-corrected chi connectivity index (χ3v) is 5.15. The molecule has 7 nitrogen and oxygen atoms in total. The molecule has 1 aromatic carbocycles. The summed E-state index contributed by atoms with van der Waals surface area (Å²) in [6.45, 7) is 3.52. The fourth-order valence-electron chi connectivity index (χ4n) is 3.80. The van der Waals surface area contributed by atoms with Crippen LogP contribution in [-0.4, -0.2) is 53.1 Å². The summed E-state index contributed by atoms with van der Waals surface area (Å²) >= 11 is 0. The van der Waals surface area contributed by atoms with Gasteiger partial charge < -0.3 is 19.9 Å². The minimum atomic E-state index is 0.0157. The highest BCUT2D eigenvalue weighted by Gasteiger charge is 2.29. The maximum absolute atomic E-state index is 12.7. The lowest BCUT2D eigenvalue weighted by Gasteiger charge is -2.35. The first-order valence-electron chi connectivity index (χ1n) is 9.15. The standard InChI is InChI=1S/C19H25N5O2/c1-23-9-8-21-19(23)16-12-20-7-10-24(16)13-18(25)22-15-6-11-26-17-5-3-2-4-14(15)17/h2-5,8-9,15-16,20H,6-7,10-13H2,1H3,(H,22,25). The molecule has 2 atom stereocenters. The molecule has 2 aromatic rings. The van der Waals surface area contributed by atoms with E-state index in [1.807, 2.05) is 42.1 Å². The van der Waals surface area contributed by atoms with E-state index >= 15 is 0 Å². The van der Waals surface area contributed by atoms with Gasteiger partial charge in [-0.3, -0.25) is 9.69 Å². The average Bonchev–Trinajstić information content (AvgIpc) is 3.08. The number of benzene rings is 1. The Morgan fingerprint density at radius 2 is 2.31 bits per heavy atom. The molecule has 1 amide bonds. The molecule has 138 valence electrons. The van der Waals surface area contributed by atoms with Gasteiger partial charge in [-0.25, -0.2) is 4.98 Å². The second-order valence-electron chi connectivity index (χ2n) is 6.88. The Hall–Kier alpha value is -2.38. The van der Waals surface area contributed by atoms with E-state index < -0.39 is 0 Å². The Balaban J connectivity index is 1.43. The Bertz CT molecular complexity index is 775. The molecule has 2 N–H and O–H groups in total. The molecule has 2 aliphatic rings. The number of fused-ring (bicyclic) bond motifs is 1. The van der Waals surface area contributed by atoms with E-state index in [9.17, 15) is 4.79 Å². The van der Waals surface area contributed by atoms with Crippen molar-refractivity contribution in [2.24, 2.45) is 7.05 Å². The summed E-state index contributed by atoms with van der Waals surface area (Å²) in [4.78, 5) is 19.4. The Morgan fingerprint density at radius 3 is 3.15 bits per heavy atom. The molecule has 0 spiro atoms. The summed E-state index contributed by atoms with van der Waals surface area (Å²) in [5.41, 5.74) is 1.06. The number of nitrogens with one attached hydrogen (secondary N) is 2. The molecule has 2 unspecified atom stereocenters. The lowest BCUT2D eigenvalue weighted by molar-refractivity contribution is -0.124. The van der Waals surface area contributed by atoms with Crippen molar-refractivity contribution in [2.45, 2.75) is 18.5 Å². The monoisotopic (exact) mass is 355 g/mol. The number of hydrogen-bond acceptors (Lipinski definition) is 5. The number of carbonyl (C=O) groups excluding carboxylic acids is 1. The fourth-order valence-corrected chi connectivity index (χ4v) is 3.80. The number of hydrogen-bond donors (Lipinski definition) is 2. The second-order valence-corrected chi connectivity index (χ2v) is 6.88. The van der Waals surface area contributed by atoms with Crippen LogP contribution in [0.1, 0.15) is 29.9 Å². The molecule has 1 saturated heterocycles. The van der Waals surface area contributed by atoms with Crippen LogP contribution < -0.4 is 15.4 Å². The zero-order chi connectivity index (χ0) is 17.9. The first-order valence-corrected chi connectivity index (χ1v) is 9.15. The van der Waals surface area contributed by atoms with Gasteiger partial charge in [-0.15, -0.1) is 0 Å². The Labute approximate surface area is 153 Å². The van der Waals surface area contributed by atoms with Gasteiger partial charge in [0, 0.05) is 51.1 Å². The number of nitrogens with zero attached hydrogens (tertiary/aromatic N) is 3. The Morgan fingerprint density at radius 1 is 1.42 bits per heavy atom. The largest absolute Gasteiger partial charge is 0.493 e. The van der Waals surface area contributed by atoms with Crippen LogP contribution in [0.5, 0.6) is 5.75 Å². The number of aryl methyl sites for hydroxylation is 1. The van der Waals surface area contributed by atoms with Crippen LogP contribution in [-0.2, 0) is 11.8 Å². The van der Waals surface area contributed by atoms with E-state index in [1.54, 1.807) is 6.20 Å². The van der Waals surface area contributed by atoms with E-state index in [1.165, 1.54) is 0 Å². The molecule has 0 aliphatic carbocycles. The van der Waals surface area contributed by atoms with Crippen LogP contribution >= 0.6 is 0 Å². The quantitative estimate of drug-likeness (QED) is 0.856. The van der Waals surface area contributed by atoms with Gasteiger partial charge in [0.25, 0.3) is 0 Å². The van der Waals surface area contributed by atoms with Crippen molar-refractivity contribution in [3.05, 3.63) is 48.0 Å². The van der Waals surface area contributed by atoms with Crippen LogP contribution in [0.15, 0.2) is 36.7 Å². The fraction of sp³-hybridized carbons (Fsp3) is 0.474. The normalized spacial score (nSPS) is 23.1. The number of aromatic nitrogens is 2. The van der Waals surface area contributed by atoms with Gasteiger partial charge in [-0.05, 0) is 6.07 Å². The van der Waals surface area contributed by atoms with Crippen molar-refractivity contribution in [3.8, 4) is 5.75 Å². The number of piperazine rings is 1. The predicted octanol–water partition coefficient (Wildman–Crippen LogP) is 1.01. The molecule has 1 aromatic heterocycles. The summed E-state index contributed by atoms with van der Waals surface area (Å²) in [7, 11) is 1.99. The lowest BCUT2D eigenvalue weighted by atomic mass is 10.0. The van der Waals surface area contributed by atoms with Crippen molar-refractivity contribution in [2.75, 3.05) is 32.8 Å². The van der Waals surface area contributed by atoms with E-state index in [-0.39, 0.29) is 18.0 Å². The molecule has 4 rings (SSSR count). The second kappa shape index (κ2) is 7.47. The highest BCUT2D eigenvalue weighted by Crippen LogP contribution is 2.31. The van der Waals surface area contributed by atoms with Crippen LogP contribution in [0.3, 0.4) is 0 Å². The molecule has 0 radical (unpaired) electrons. The molecule has 2 aliphatic heterocycles. The van der Waals surface area contributed by atoms with Crippen molar-refractivity contribution >= 4 is 5.91 Å². The summed E-state index contributed by atoms with van der Waals surface area (Å²) in [5, 5.41) is 6.60. The van der Waals surface area contributed by atoms with E-state index in [4.69, 9.17) is 4.74 Å². The van der Waals surface area contributed by atoms with E-state index in [0.717, 1.165) is 43.2 Å². The van der Waals surface area contributed by atoms with Gasteiger partial charge in [-0.2, -0.15) is 0 Å². The lowest BCUT2D eigenvalue weighted by Crippen LogP contribution is -2.50. The average molecular weight is 355 g/mol. The van der Waals surface area contributed by atoms with Crippen molar-refractivity contribution < 1.29 is 9.53 Å². The van der Waals surface area contributed by atoms with Gasteiger partial charge in [0.05, 0.1) is 25.2 Å². The summed E-state index contributed by atoms with van der Waals surface area (Å²) in [5.74, 6) is 1.91. The van der Waals surface area contributed by atoms with Crippen LogP contribution in [0.25, 0.3) is 0 Å². The highest BCUT2D eigenvalue weighted by molar-refractivity contribution is 5.78. The molecule has 26 heavy (non-hydrogen) atoms. The highest BCUT2D eigenvalue weighted by atomic mass is 16.5. The molecule has 7 heteroatoms. The number of ether oxygens (including phenoxy) is 1. The topological polar surface area (TPSA) is 71.4 Å². The van der Waals surface area contributed by atoms with E-state index in [2.05, 4.69) is 20.5 Å². The van der Waals surface area contributed by atoms with Crippen LogP contribution in [0, 0.1) is 0 Å². The summed E-state index contributed by atoms with van der Waals surface area (Å²) in [6, 6.07) is 8.06. The van der Waals surface area contributed by atoms with Crippen molar-refractivity contribution in [1.29, 1.82) is 0 Å². The number of para-hydroxylation sites is 1. The number of carbonyl (C=O) groups is 1. The van der Waals surface area contributed by atoms with Gasteiger partial charge in [-0.1, -0.05) is 18.2 Å². The van der Waals surface area contributed by atoms with Gasteiger partial charge in [0.15, 0.2) is 0 Å². The smallest absolute Gasteiger partial charge is 0.234 e. The van der Waals surface area contributed by atoms with Gasteiger partial charge in [0.2, 0.25) is 5.91 Å². The molecule has 1 fully saturated rings. The van der Waals surface area contributed by atoms with Gasteiger partial charge in [0.1, 0.15) is 11.6 Å². The van der Waals surface area contributed by atoms with Crippen LogP contribution in [0.2, 0.25) is 0 Å². The van der Waals surface area contributed by atoms with Crippen LogP contribution in [0.4, 0.5) is 0 Å². The number of rotatable bonds is 4. The first kappa shape index (κ1) is 17.1. The van der Waals surface area contributed by atoms with Crippen molar-refractivity contribution in [1.82, 2.24) is 25.1 Å². The zero-order valence-electron chi connectivity index (χ0n) is 15.0. The maximum atomic E-state index is 12.7. The molecule has 3 heterocycles. The summed E-state index contributed by atoms with van der Waals surface area (Å²) < 4.78 is 7.71. The Kier molecular flexibility index (Phi) is 4.90. The third-order valence-electron chi connectivity index (χ3n) is 5.15. The number of imidazole rings is 1. The predicted molar refractivity (Wildman–Crippen MR) is 97.8 cm³/mol. The van der Waals surface area contributed by atoms with Crippen molar-refractivity contribution in [3.63, 3.8) is 0 Å². The maximum Gasteiger partial charge on any atom is 0.234 e. The van der Waals surface area contributed by atoms with E-state index in [0.29, 0.717) is 13.2 Å². The zero-order valence-corrected chi connectivity index (χ0v) is 15.0. The minimum Gasteiger partial charge on any atom is -0.493 e. The molecular weight excluding hydrogens is 330 g/mol. The SMILES string of the molecule is Cn1ccnc1C1CNCCN1CC(=O)NC1CCOc2ccccc21. The first-order chi connectivity index (χ1) is 12.7. The number of amides is 1.